The molecule has 2 N–H and O–H groups in total. The molecule has 3 aromatic heterocycles. The average Bonchev–Trinajstić information content (AvgIpc) is 3.73. The fraction of sp³-hybridized carbons (Fsp3) is 0. The predicted molar refractivity (Wildman–Crippen MR) is 161 cm³/mol. The standard InChI is InChI=1S/C32H17ClN8.Fe/c33-23-15-7-14-22-24(23)32-40-30-21-13-6-5-12-20(21)28(38-30)36-26-17-9-2-1-8-16(17)25(34-26)35-27-18-10-3-4-11-19(18)29(37-27)39-31(22)41-32;/h1-15H,(H2,34,35,36,37,38,39,40,41);. The predicted octanol–water partition coefficient (Wildman–Crippen LogP) is 7.52. The van der Waals surface area contributed by atoms with Gasteiger partial charge in [-0.3, -0.25) is 0 Å². The second-order valence-corrected chi connectivity index (χ2v) is 10.3. The second kappa shape index (κ2) is 9.29. The maximum Gasteiger partial charge on any atom is 0.164 e. The first-order valence-electron chi connectivity index (χ1n) is 13.1. The Morgan fingerprint density at radius 1 is 0.405 bits per heavy atom. The second-order valence-electron chi connectivity index (χ2n) is 9.91. The molecule has 4 aromatic carbocycles. The summed E-state index contributed by atoms with van der Waals surface area (Å²) >= 11 is 6.73. The molecule has 0 atom stereocenters. The molecule has 10 heteroatoms. The summed E-state index contributed by atoms with van der Waals surface area (Å²) in [4.78, 5) is 36.6. The van der Waals surface area contributed by atoms with Crippen LogP contribution >= 0.6 is 11.6 Å². The molecule has 0 amide bonds. The number of benzene rings is 4. The topological polar surface area (TPSA) is 109 Å². The Morgan fingerprint density at radius 3 is 1.29 bits per heavy atom. The van der Waals surface area contributed by atoms with Crippen molar-refractivity contribution in [3.8, 4) is 45.6 Å². The minimum Gasteiger partial charge on any atom is -0.324 e. The summed E-state index contributed by atoms with van der Waals surface area (Å²) in [6, 6.07) is 29.7. The van der Waals surface area contributed by atoms with Crippen LogP contribution in [0.4, 0.5) is 0 Å². The molecule has 2 aliphatic rings. The van der Waals surface area contributed by atoms with E-state index in [4.69, 9.17) is 41.5 Å². The van der Waals surface area contributed by atoms with E-state index in [0.717, 1.165) is 43.8 Å². The molecule has 42 heavy (non-hydrogen) atoms. The van der Waals surface area contributed by atoms with Crippen molar-refractivity contribution in [2.24, 2.45) is 0 Å². The van der Waals surface area contributed by atoms with Crippen molar-refractivity contribution in [1.82, 2.24) is 39.9 Å². The van der Waals surface area contributed by atoms with Crippen LogP contribution in [0.3, 0.4) is 0 Å². The van der Waals surface area contributed by atoms with Gasteiger partial charge in [0.15, 0.2) is 23.3 Å². The Morgan fingerprint density at radius 2 is 0.786 bits per heavy atom. The van der Waals surface area contributed by atoms with E-state index in [1.807, 2.05) is 91.0 Å². The number of hydrogen-bond acceptors (Lipinski definition) is 6. The van der Waals surface area contributed by atoms with Gasteiger partial charge in [-0.05, 0) is 6.07 Å². The molecule has 0 unspecified atom stereocenters. The minimum absolute atomic E-state index is 0. The summed E-state index contributed by atoms with van der Waals surface area (Å²) in [5.74, 6) is 2.24. The molecule has 0 spiro atoms. The van der Waals surface area contributed by atoms with Crippen LogP contribution in [-0.4, -0.2) is 39.9 Å². The zero-order valence-electron chi connectivity index (χ0n) is 21.6. The van der Waals surface area contributed by atoms with Gasteiger partial charge in [0.25, 0.3) is 0 Å². The summed E-state index contributed by atoms with van der Waals surface area (Å²) in [5, 5.41) is 4.05. The molecule has 0 aliphatic carbocycles. The van der Waals surface area contributed by atoms with Gasteiger partial charge < -0.3 is 9.97 Å². The minimum atomic E-state index is 0. The van der Waals surface area contributed by atoms with Gasteiger partial charge in [-0.15, -0.1) is 0 Å². The van der Waals surface area contributed by atoms with Gasteiger partial charge in [0, 0.05) is 60.9 Å². The fourth-order valence-electron chi connectivity index (χ4n) is 5.65. The molecular formula is C32H17ClFeN8. The Kier molecular flexibility index (Phi) is 5.49. The van der Waals surface area contributed by atoms with Gasteiger partial charge in [-0.1, -0.05) is 96.5 Å². The molecule has 200 valence electrons. The molecule has 8 nitrogen and oxygen atoms in total. The smallest absolute Gasteiger partial charge is 0.164 e. The third-order valence-electron chi connectivity index (χ3n) is 7.53. The van der Waals surface area contributed by atoms with Crippen molar-refractivity contribution < 1.29 is 17.1 Å². The van der Waals surface area contributed by atoms with Gasteiger partial charge >= 0.3 is 0 Å². The third-order valence-corrected chi connectivity index (χ3v) is 7.84. The van der Waals surface area contributed by atoms with Crippen LogP contribution in [0.1, 0.15) is 0 Å². The Balaban J connectivity index is 0.00000267. The van der Waals surface area contributed by atoms with E-state index in [9.17, 15) is 0 Å². The Hall–Kier alpha value is -4.95. The number of rotatable bonds is 0. The van der Waals surface area contributed by atoms with Crippen LogP contribution in [0.25, 0.3) is 89.7 Å². The van der Waals surface area contributed by atoms with E-state index < -0.39 is 0 Å². The van der Waals surface area contributed by atoms with Crippen molar-refractivity contribution in [3.63, 3.8) is 0 Å². The molecule has 0 saturated carbocycles. The van der Waals surface area contributed by atoms with E-state index in [1.54, 1.807) is 0 Å². The quantitative estimate of drug-likeness (QED) is 0.173. The molecule has 0 fully saturated rings. The Bertz CT molecular complexity index is 2410. The molecule has 0 radical (unpaired) electrons. The van der Waals surface area contributed by atoms with E-state index >= 15 is 0 Å². The van der Waals surface area contributed by atoms with Crippen LogP contribution in [0.2, 0.25) is 5.02 Å². The zero-order chi connectivity index (χ0) is 27.1. The molecule has 2 aliphatic heterocycles. The molecular weight excluding hydrogens is 588 g/mol. The molecule has 8 bridgehead atoms. The van der Waals surface area contributed by atoms with Gasteiger partial charge in [0.1, 0.15) is 22.6 Å². The fourth-order valence-corrected chi connectivity index (χ4v) is 5.91. The van der Waals surface area contributed by atoms with Crippen LogP contribution in [-0.2, 0) is 17.1 Å². The van der Waals surface area contributed by atoms with Crippen LogP contribution in [0, 0.1) is 0 Å². The van der Waals surface area contributed by atoms with E-state index in [1.165, 1.54) is 0 Å². The van der Waals surface area contributed by atoms with Gasteiger partial charge in [0.2, 0.25) is 0 Å². The molecule has 9 rings (SSSR count). The number of nitrogens with one attached hydrogen (secondary N) is 2. The van der Waals surface area contributed by atoms with Crippen LogP contribution in [0.5, 0.6) is 0 Å². The largest absolute Gasteiger partial charge is 0.324 e. The Labute approximate surface area is 253 Å². The maximum atomic E-state index is 6.73. The van der Waals surface area contributed by atoms with Crippen molar-refractivity contribution in [1.29, 1.82) is 0 Å². The van der Waals surface area contributed by atoms with Crippen LogP contribution < -0.4 is 0 Å². The first-order chi connectivity index (χ1) is 20.2. The van der Waals surface area contributed by atoms with Crippen molar-refractivity contribution >= 4 is 55.7 Å². The molecule has 5 heterocycles. The first kappa shape index (κ1) is 24.8. The summed E-state index contributed by atoms with van der Waals surface area (Å²) in [6.07, 6.45) is 0. The SMILES string of the molecule is Clc1cccc2c3nc4nc(nc5[nH]c(nc6nc(nc([nH]3)c12)-c1ccccc1-6)c1ccccc51)-c1ccccc1-4.[Fe]. The van der Waals surface area contributed by atoms with Gasteiger partial charge in [0.05, 0.1) is 5.02 Å². The number of aromatic amines is 2. The van der Waals surface area contributed by atoms with Gasteiger partial charge in [-0.2, -0.15) is 0 Å². The third kappa shape index (κ3) is 3.61. The summed E-state index contributed by atoms with van der Waals surface area (Å²) < 4.78 is 0. The van der Waals surface area contributed by atoms with Crippen molar-refractivity contribution in [2.75, 3.05) is 0 Å². The number of halogens is 1. The maximum absolute atomic E-state index is 6.73. The average molecular weight is 605 g/mol. The van der Waals surface area contributed by atoms with Crippen molar-refractivity contribution in [3.05, 3.63) is 96.0 Å². The number of fused-ring (bicyclic) bond motifs is 20. The van der Waals surface area contributed by atoms with E-state index in [2.05, 4.69) is 9.97 Å². The van der Waals surface area contributed by atoms with E-state index in [0.29, 0.717) is 50.9 Å². The summed E-state index contributed by atoms with van der Waals surface area (Å²) in [7, 11) is 0. The van der Waals surface area contributed by atoms with Crippen LogP contribution in [0.15, 0.2) is 91.0 Å². The number of aromatic nitrogens is 8. The molecule has 7 aromatic rings. The monoisotopic (exact) mass is 604 g/mol. The zero-order valence-corrected chi connectivity index (χ0v) is 23.4. The summed E-state index contributed by atoms with van der Waals surface area (Å²) in [6.45, 7) is 0. The van der Waals surface area contributed by atoms with Gasteiger partial charge in [-0.25, -0.2) is 29.9 Å². The number of H-pyrrole nitrogens is 2. The number of hydrogen-bond donors (Lipinski definition) is 2. The normalized spacial score (nSPS) is 11.7. The summed E-state index contributed by atoms with van der Waals surface area (Å²) in [5.41, 5.74) is 6.09. The van der Waals surface area contributed by atoms with E-state index in [-0.39, 0.29) is 17.1 Å². The first-order valence-corrected chi connectivity index (χ1v) is 13.5. The van der Waals surface area contributed by atoms with Crippen molar-refractivity contribution in [2.45, 2.75) is 0 Å². The molecule has 0 saturated heterocycles. The number of nitrogens with zero attached hydrogens (tertiary/aromatic N) is 6.